The van der Waals surface area contributed by atoms with Gasteiger partial charge in [0.2, 0.25) is 0 Å². The average molecular weight is 393 g/mol. The molecule has 0 aliphatic carbocycles. The van der Waals surface area contributed by atoms with Gasteiger partial charge in [0.1, 0.15) is 6.61 Å². The van der Waals surface area contributed by atoms with Gasteiger partial charge >= 0.3 is 0 Å². The Morgan fingerprint density at radius 2 is 1.61 bits per heavy atom. The van der Waals surface area contributed by atoms with E-state index < -0.39 is 9.84 Å². The van der Waals surface area contributed by atoms with Crippen molar-refractivity contribution in [2.24, 2.45) is 5.16 Å². The molecule has 2 aromatic rings. The van der Waals surface area contributed by atoms with Crippen molar-refractivity contribution in [3.05, 3.63) is 63.1 Å². The van der Waals surface area contributed by atoms with Crippen LogP contribution in [0.15, 0.2) is 52.5 Å². The van der Waals surface area contributed by atoms with Crippen LogP contribution < -0.4 is 0 Å². The van der Waals surface area contributed by atoms with Crippen molar-refractivity contribution in [1.82, 2.24) is 0 Å². The molecule has 0 saturated heterocycles. The summed E-state index contributed by atoms with van der Waals surface area (Å²) in [7, 11) is -3.48. The normalized spacial score (nSPS) is 11.8. The molecule has 0 atom stereocenters. The van der Waals surface area contributed by atoms with E-state index in [4.69, 9.17) is 39.6 Å². The summed E-state index contributed by atoms with van der Waals surface area (Å²) in [5.41, 5.74) is 0.591. The zero-order chi connectivity index (χ0) is 16.9. The third-order valence-corrected chi connectivity index (χ3v) is 5.42. The van der Waals surface area contributed by atoms with Gasteiger partial charge in [-0.3, -0.25) is 0 Å². The molecule has 2 aromatic carbocycles. The zero-order valence-electron chi connectivity index (χ0n) is 11.7. The van der Waals surface area contributed by atoms with Gasteiger partial charge in [-0.2, -0.15) is 0 Å². The molecule has 0 bridgehead atoms. The summed E-state index contributed by atoms with van der Waals surface area (Å²) in [6.07, 6.45) is 1.18. The predicted octanol–water partition coefficient (Wildman–Crippen LogP) is 4.62. The third kappa shape index (κ3) is 5.11. The number of halogens is 3. The lowest BCUT2D eigenvalue weighted by atomic mass is 10.2. The highest BCUT2D eigenvalue weighted by Crippen LogP contribution is 2.24. The Labute approximate surface area is 149 Å². The summed E-state index contributed by atoms with van der Waals surface area (Å²) < 4.78 is 24.1. The fourth-order valence-electron chi connectivity index (χ4n) is 1.69. The Morgan fingerprint density at radius 3 is 2.22 bits per heavy atom. The van der Waals surface area contributed by atoms with Gasteiger partial charge in [0.05, 0.1) is 16.9 Å². The highest BCUT2D eigenvalue weighted by atomic mass is 35.5. The third-order valence-electron chi connectivity index (χ3n) is 2.89. The summed E-state index contributed by atoms with van der Waals surface area (Å²) in [6.45, 7) is 0.0516. The van der Waals surface area contributed by atoms with Crippen LogP contribution in [0.5, 0.6) is 0 Å². The van der Waals surface area contributed by atoms with Gasteiger partial charge in [0, 0.05) is 20.6 Å². The second-order valence-electron chi connectivity index (χ2n) is 4.50. The maximum absolute atomic E-state index is 12.1. The molecule has 23 heavy (non-hydrogen) atoms. The lowest BCUT2D eigenvalue weighted by Crippen LogP contribution is -2.07. The molecule has 0 unspecified atom stereocenters. The van der Waals surface area contributed by atoms with E-state index in [2.05, 4.69) is 5.16 Å². The largest absolute Gasteiger partial charge is 0.391 e. The molecule has 0 saturated carbocycles. The SMILES string of the molecule is O=S(=O)(C/C=N/OCc1c(Cl)cccc1Cl)c1ccc(Cl)cc1. The molecule has 8 heteroatoms. The van der Waals surface area contributed by atoms with Crippen LogP contribution in [0.2, 0.25) is 15.1 Å². The Hall–Kier alpha value is -1.27. The number of sulfone groups is 1. The minimum absolute atomic E-state index is 0.0516. The van der Waals surface area contributed by atoms with Crippen molar-refractivity contribution in [2.45, 2.75) is 11.5 Å². The standard InChI is InChI=1S/C15H12Cl3NO3S/c16-11-4-6-12(7-5-11)23(20,21)9-8-19-22-10-13-14(17)2-1-3-15(13)18/h1-8H,9-10H2/b19-8+. The lowest BCUT2D eigenvalue weighted by molar-refractivity contribution is 0.132. The number of nitrogens with zero attached hydrogens (tertiary/aromatic N) is 1. The first kappa shape index (κ1) is 18.1. The van der Waals surface area contributed by atoms with E-state index in [1.807, 2.05) is 0 Å². The fourth-order valence-corrected chi connectivity index (χ4v) is 3.32. The van der Waals surface area contributed by atoms with Crippen molar-refractivity contribution in [2.75, 3.05) is 5.75 Å². The molecule has 0 spiro atoms. The quantitative estimate of drug-likeness (QED) is 0.532. The van der Waals surface area contributed by atoms with Crippen LogP contribution in [0.1, 0.15) is 5.56 Å². The van der Waals surface area contributed by atoms with Crippen molar-refractivity contribution in [1.29, 1.82) is 0 Å². The molecular formula is C15H12Cl3NO3S. The highest BCUT2D eigenvalue weighted by molar-refractivity contribution is 7.92. The first-order valence-electron chi connectivity index (χ1n) is 6.45. The van der Waals surface area contributed by atoms with Gasteiger partial charge in [-0.1, -0.05) is 46.0 Å². The Kier molecular flexibility index (Phi) is 6.30. The van der Waals surface area contributed by atoms with E-state index in [1.165, 1.54) is 30.5 Å². The summed E-state index contributed by atoms with van der Waals surface area (Å²) in [5.74, 6) is -0.287. The van der Waals surface area contributed by atoms with Gasteiger partial charge in [-0.25, -0.2) is 8.42 Å². The molecule has 0 fully saturated rings. The number of rotatable bonds is 6. The monoisotopic (exact) mass is 391 g/mol. The Balaban J connectivity index is 1.93. The summed E-state index contributed by atoms with van der Waals surface area (Å²) in [4.78, 5) is 5.22. The number of oxime groups is 1. The van der Waals surface area contributed by atoms with Gasteiger partial charge in [-0.05, 0) is 36.4 Å². The zero-order valence-corrected chi connectivity index (χ0v) is 14.8. The molecule has 0 heterocycles. The van der Waals surface area contributed by atoms with Gasteiger partial charge in [0.25, 0.3) is 0 Å². The van der Waals surface area contributed by atoms with E-state index in [0.717, 1.165) is 0 Å². The van der Waals surface area contributed by atoms with E-state index in [0.29, 0.717) is 20.6 Å². The molecule has 0 radical (unpaired) electrons. The molecule has 0 amide bonds. The van der Waals surface area contributed by atoms with E-state index >= 15 is 0 Å². The fraction of sp³-hybridized carbons (Fsp3) is 0.133. The van der Waals surface area contributed by atoms with Crippen molar-refractivity contribution in [3.63, 3.8) is 0 Å². The number of benzene rings is 2. The van der Waals surface area contributed by atoms with Crippen LogP contribution in [0.25, 0.3) is 0 Å². The van der Waals surface area contributed by atoms with Crippen molar-refractivity contribution in [3.8, 4) is 0 Å². The smallest absolute Gasteiger partial charge is 0.183 e. The maximum atomic E-state index is 12.1. The molecule has 0 aliphatic heterocycles. The van der Waals surface area contributed by atoms with Gasteiger partial charge < -0.3 is 4.84 Å². The van der Waals surface area contributed by atoms with E-state index in [9.17, 15) is 8.42 Å². The van der Waals surface area contributed by atoms with Crippen LogP contribution >= 0.6 is 34.8 Å². The van der Waals surface area contributed by atoms with Crippen molar-refractivity contribution < 1.29 is 13.3 Å². The summed E-state index contributed by atoms with van der Waals surface area (Å²) >= 11 is 17.7. The maximum Gasteiger partial charge on any atom is 0.183 e. The second kappa shape index (κ2) is 8.02. The van der Waals surface area contributed by atoms with Crippen LogP contribution in [0.3, 0.4) is 0 Å². The molecule has 2 rings (SSSR count). The van der Waals surface area contributed by atoms with E-state index in [-0.39, 0.29) is 17.3 Å². The predicted molar refractivity (Wildman–Crippen MR) is 93.2 cm³/mol. The average Bonchev–Trinajstić information content (AvgIpc) is 2.50. The lowest BCUT2D eigenvalue weighted by Gasteiger charge is -2.05. The van der Waals surface area contributed by atoms with Crippen LogP contribution in [0, 0.1) is 0 Å². The minimum atomic E-state index is -3.48. The van der Waals surface area contributed by atoms with Crippen LogP contribution in [-0.4, -0.2) is 20.4 Å². The number of hydrogen-bond acceptors (Lipinski definition) is 4. The minimum Gasteiger partial charge on any atom is -0.391 e. The topological polar surface area (TPSA) is 55.7 Å². The highest BCUT2D eigenvalue weighted by Gasteiger charge is 2.12. The van der Waals surface area contributed by atoms with Gasteiger partial charge in [-0.15, -0.1) is 0 Å². The molecule has 0 aromatic heterocycles. The Bertz CT molecular complexity index is 785. The molecule has 0 N–H and O–H groups in total. The first-order valence-corrected chi connectivity index (χ1v) is 9.24. The summed E-state index contributed by atoms with van der Waals surface area (Å²) in [5, 5.41) is 5.02. The summed E-state index contributed by atoms with van der Waals surface area (Å²) in [6, 6.07) is 11.0. The van der Waals surface area contributed by atoms with Crippen LogP contribution in [0.4, 0.5) is 0 Å². The molecule has 122 valence electrons. The van der Waals surface area contributed by atoms with Gasteiger partial charge in [0.15, 0.2) is 9.84 Å². The molecule has 0 aliphatic rings. The number of hydrogen-bond donors (Lipinski definition) is 0. The second-order valence-corrected chi connectivity index (χ2v) is 7.78. The van der Waals surface area contributed by atoms with E-state index in [1.54, 1.807) is 18.2 Å². The van der Waals surface area contributed by atoms with Crippen LogP contribution in [-0.2, 0) is 21.3 Å². The molecular weight excluding hydrogens is 381 g/mol. The first-order chi connectivity index (χ1) is 10.9. The molecule has 4 nitrogen and oxygen atoms in total. The van der Waals surface area contributed by atoms with Crippen molar-refractivity contribution >= 4 is 50.9 Å². The Morgan fingerprint density at radius 1 is 1.00 bits per heavy atom.